The molecule has 0 saturated carbocycles. The zero-order chi connectivity index (χ0) is 18.0. The van der Waals surface area contributed by atoms with E-state index in [4.69, 9.17) is 0 Å². The van der Waals surface area contributed by atoms with Crippen molar-refractivity contribution in [2.45, 2.75) is 19.4 Å². The number of amides is 3. The van der Waals surface area contributed by atoms with Gasteiger partial charge in [0.05, 0.1) is 12.1 Å². The van der Waals surface area contributed by atoms with Crippen LogP contribution in [0.25, 0.3) is 0 Å². The molecular weight excluding hydrogens is 386 g/mol. The van der Waals surface area contributed by atoms with Gasteiger partial charge in [0.1, 0.15) is 6.04 Å². The van der Waals surface area contributed by atoms with Crippen LogP contribution >= 0.6 is 15.9 Å². The summed E-state index contributed by atoms with van der Waals surface area (Å²) >= 11 is 3.32. The molecule has 0 aliphatic carbocycles. The van der Waals surface area contributed by atoms with Gasteiger partial charge in [0.25, 0.3) is 11.8 Å². The molecule has 0 aromatic heterocycles. The lowest BCUT2D eigenvalue weighted by atomic mass is 10.1. The SMILES string of the molecule is Cc1ccc(C(=O)NNC2CC(=O)N(c3ccc(Br)cc3)C2=O)cc1. The molecule has 2 N–H and O–H groups in total. The lowest BCUT2D eigenvalue weighted by molar-refractivity contribution is -0.121. The predicted molar refractivity (Wildman–Crippen MR) is 96.8 cm³/mol. The van der Waals surface area contributed by atoms with Crippen molar-refractivity contribution in [2.24, 2.45) is 0 Å². The average molecular weight is 402 g/mol. The van der Waals surface area contributed by atoms with Gasteiger partial charge in [0.2, 0.25) is 5.91 Å². The molecule has 1 aliphatic heterocycles. The first kappa shape index (κ1) is 17.3. The zero-order valence-electron chi connectivity index (χ0n) is 13.5. The minimum atomic E-state index is -0.787. The second kappa shape index (κ2) is 7.16. The molecule has 1 aliphatic rings. The van der Waals surface area contributed by atoms with E-state index in [0.29, 0.717) is 11.3 Å². The number of halogens is 1. The summed E-state index contributed by atoms with van der Waals surface area (Å²) in [5.74, 6) is -1.06. The Morgan fingerprint density at radius 2 is 1.72 bits per heavy atom. The van der Waals surface area contributed by atoms with Crippen LogP contribution in [0, 0.1) is 6.92 Å². The van der Waals surface area contributed by atoms with E-state index in [2.05, 4.69) is 26.8 Å². The molecule has 25 heavy (non-hydrogen) atoms. The quantitative estimate of drug-likeness (QED) is 0.608. The third-order valence-electron chi connectivity index (χ3n) is 3.91. The third kappa shape index (κ3) is 3.78. The standard InChI is InChI=1S/C18H16BrN3O3/c1-11-2-4-12(5-3-11)17(24)21-20-15-10-16(23)22(18(15)25)14-8-6-13(19)7-9-14/h2-9,15,20H,10H2,1H3,(H,21,24). The number of nitrogens with zero attached hydrogens (tertiary/aromatic N) is 1. The van der Waals surface area contributed by atoms with Crippen molar-refractivity contribution in [2.75, 3.05) is 4.90 Å². The van der Waals surface area contributed by atoms with E-state index in [-0.39, 0.29) is 18.2 Å². The highest BCUT2D eigenvalue weighted by atomic mass is 79.9. The Balaban J connectivity index is 1.65. The number of hydrazine groups is 1. The van der Waals surface area contributed by atoms with Crippen LogP contribution in [0.15, 0.2) is 53.0 Å². The molecule has 6 nitrogen and oxygen atoms in total. The lowest BCUT2D eigenvalue weighted by Crippen LogP contribution is -2.48. The fourth-order valence-electron chi connectivity index (χ4n) is 2.54. The number of carbonyl (C=O) groups is 3. The van der Waals surface area contributed by atoms with E-state index >= 15 is 0 Å². The van der Waals surface area contributed by atoms with Crippen LogP contribution in [0.3, 0.4) is 0 Å². The summed E-state index contributed by atoms with van der Waals surface area (Å²) in [5, 5.41) is 0. The number of imide groups is 1. The summed E-state index contributed by atoms with van der Waals surface area (Å²) in [6.45, 7) is 1.93. The number of hydrogen-bond donors (Lipinski definition) is 2. The number of benzene rings is 2. The van der Waals surface area contributed by atoms with Gasteiger partial charge in [-0.25, -0.2) is 10.3 Å². The van der Waals surface area contributed by atoms with Crippen molar-refractivity contribution in [3.63, 3.8) is 0 Å². The largest absolute Gasteiger partial charge is 0.287 e. The molecule has 7 heteroatoms. The van der Waals surface area contributed by atoms with E-state index in [0.717, 1.165) is 14.9 Å². The Kier molecular flexibility index (Phi) is 4.96. The van der Waals surface area contributed by atoms with Gasteiger partial charge >= 0.3 is 0 Å². The van der Waals surface area contributed by atoms with Crippen molar-refractivity contribution in [1.29, 1.82) is 0 Å². The van der Waals surface area contributed by atoms with Crippen LogP contribution < -0.4 is 15.8 Å². The monoisotopic (exact) mass is 401 g/mol. The minimum Gasteiger partial charge on any atom is -0.287 e. The second-order valence-electron chi connectivity index (χ2n) is 5.77. The molecule has 0 bridgehead atoms. The van der Waals surface area contributed by atoms with Crippen molar-refractivity contribution in [3.05, 3.63) is 64.1 Å². The molecule has 0 radical (unpaired) electrons. The summed E-state index contributed by atoms with van der Waals surface area (Å²) in [7, 11) is 0. The number of nitrogens with one attached hydrogen (secondary N) is 2. The predicted octanol–water partition coefficient (Wildman–Crippen LogP) is 2.32. The minimum absolute atomic E-state index is 0.0108. The van der Waals surface area contributed by atoms with Gasteiger partial charge in [-0.15, -0.1) is 0 Å². The molecule has 128 valence electrons. The maximum atomic E-state index is 12.5. The molecule has 2 aromatic carbocycles. The van der Waals surface area contributed by atoms with Gasteiger partial charge < -0.3 is 0 Å². The molecule has 1 atom stereocenters. The number of carbonyl (C=O) groups excluding carboxylic acids is 3. The Bertz CT molecular complexity index is 818. The topological polar surface area (TPSA) is 78.5 Å². The number of hydrogen-bond acceptors (Lipinski definition) is 4. The molecule has 0 spiro atoms. The molecule has 2 aromatic rings. The summed E-state index contributed by atoms with van der Waals surface area (Å²) in [6, 6.07) is 13.2. The summed E-state index contributed by atoms with van der Waals surface area (Å²) < 4.78 is 0.857. The van der Waals surface area contributed by atoms with Crippen LogP contribution in [-0.2, 0) is 9.59 Å². The Morgan fingerprint density at radius 1 is 1.08 bits per heavy atom. The van der Waals surface area contributed by atoms with Crippen molar-refractivity contribution < 1.29 is 14.4 Å². The third-order valence-corrected chi connectivity index (χ3v) is 4.43. The fraction of sp³-hybridized carbons (Fsp3) is 0.167. The smallest absolute Gasteiger partial charge is 0.265 e. The highest BCUT2D eigenvalue weighted by Gasteiger charge is 2.39. The fourth-order valence-corrected chi connectivity index (χ4v) is 2.80. The van der Waals surface area contributed by atoms with Gasteiger partial charge in [-0.2, -0.15) is 0 Å². The first-order valence-corrected chi connectivity index (χ1v) is 8.50. The first-order valence-electron chi connectivity index (χ1n) is 7.70. The van der Waals surface area contributed by atoms with Crippen molar-refractivity contribution in [1.82, 2.24) is 10.9 Å². The van der Waals surface area contributed by atoms with E-state index in [9.17, 15) is 14.4 Å². The Morgan fingerprint density at radius 3 is 2.36 bits per heavy atom. The zero-order valence-corrected chi connectivity index (χ0v) is 15.0. The van der Waals surface area contributed by atoms with Crippen LogP contribution in [0.1, 0.15) is 22.3 Å². The Hall–Kier alpha value is -2.51. The highest BCUT2D eigenvalue weighted by molar-refractivity contribution is 9.10. The van der Waals surface area contributed by atoms with E-state index < -0.39 is 11.9 Å². The van der Waals surface area contributed by atoms with E-state index in [1.165, 1.54) is 0 Å². The molecule has 3 amide bonds. The summed E-state index contributed by atoms with van der Waals surface area (Å²) in [4.78, 5) is 37.9. The van der Waals surface area contributed by atoms with Crippen LogP contribution in [0.4, 0.5) is 5.69 Å². The summed E-state index contributed by atoms with van der Waals surface area (Å²) in [5.41, 5.74) is 7.19. The number of aryl methyl sites for hydroxylation is 1. The molecule has 1 unspecified atom stereocenters. The number of rotatable bonds is 4. The van der Waals surface area contributed by atoms with Crippen LogP contribution in [0.2, 0.25) is 0 Å². The Labute approximate surface area is 153 Å². The van der Waals surface area contributed by atoms with Gasteiger partial charge in [-0.3, -0.25) is 19.8 Å². The van der Waals surface area contributed by atoms with Crippen LogP contribution in [-0.4, -0.2) is 23.8 Å². The molecule has 1 heterocycles. The van der Waals surface area contributed by atoms with Gasteiger partial charge in [-0.05, 0) is 43.3 Å². The molecule has 3 rings (SSSR count). The first-order chi connectivity index (χ1) is 12.0. The molecular formula is C18H16BrN3O3. The van der Waals surface area contributed by atoms with E-state index in [1.54, 1.807) is 36.4 Å². The van der Waals surface area contributed by atoms with E-state index in [1.807, 2.05) is 19.1 Å². The molecule has 1 saturated heterocycles. The maximum Gasteiger partial charge on any atom is 0.265 e. The average Bonchev–Trinajstić information content (AvgIpc) is 2.88. The normalized spacial score (nSPS) is 17.0. The summed E-state index contributed by atoms with van der Waals surface area (Å²) in [6.07, 6.45) is -0.0108. The maximum absolute atomic E-state index is 12.5. The lowest BCUT2D eigenvalue weighted by Gasteiger charge is -2.16. The highest BCUT2D eigenvalue weighted by Crippen LogP contribution is 2.24. The van der Waals surface area contributed by atoms with Gasteiger partial charge in [0, 0.05) is 10.0 Å². The van der Waals surface area contributed by atoms with Crippen LogP contribution in [0.5, 0.6) is 0 Å². The second-order valence-corrected chi connectivity index (χ2v) is 6.68. The van der Waals surface area contributed by atoms with Crippen molar-refractivity contribution >= 4 is 39.3 Å². The van der Waals surface area contributed by atoms with Gasteiger partial charge in [0.15, 0.2) is 0 Å². The van der Waals surface area contributed by atoms with Gasteiger partial charge in [-0.1, -0.05) is 33.6 Å². The molecule has 1 fully saturated rings. The van der Waals surface area contributed by atoms with Crippen molar-refractivity contribution in [3.8, 4) is 0 Å². The number of anilines is 1.